The van der Waals surface area contributed by atoms with Gasteiger partial charge in [-0.05, 0) is 30.6 Å². The first-order valence-corrected chi connectivity index (χ1v) is 8.16. The first-order valence-electron chi connectivity index (χ1n) is 6.93. The highest BCUT2D eigenvalue weighted by molar-refractivity contribution is 8.13. The molecule has 2 rings (SSSR count). The monoisotopic (exact) mass is 281 g/mol. The Labute approximate surface area is 119 Å². The average Bonchev–Trinajstić information content (AvgIpc) is 2.89. The molecule has 5 heteroatoms. The fourth-order valence-corrected chi connectivity index (χ4v) is 2.75. The second kappa shape index (κ2) is 6.57. The van der Waals surface area contributed by atoms with Crippen LogP contribution in [-0.2, 0) is 4.79 Å². The van der Waals surface area contributed by atoms with Gasteiger partial charge in [0.15, 0.2) is 0 Å². The normalized spacial score (nSPS) is 18.1. The maximum absolute atomic E-state index is 11.4. The molecule has 0 amide bonds. The quantitative estimate of drug-likeness (QED) is 0.850. The molecule has 19 heavy (non-hydrogen) atoms. The number of hydrogen-bond acceptors (Lipinski definition) is 4. The molecule has 1 aromatic rings. The molecule has 106 valence electrons. The Balaban J connectivity index is 1.87. The van der Waals surface area contributed by atoms with Crippen LogP contribution in [0.25, 0.3) is 0 Å². The number of piperidine rings is 1. The van der Waals surface area contributed by atoms with Crippen LogP contribution < -0.4 is 0 Å². The third kappa shape index (κ3) is 3.83. The van der Waals surface area contributed by atoms with Gasteiger partial charge in [-0.15, -0.1) is 0 Å². The van der Waals surface area contributed by atoms with Gasteiger partial charge in [0.05, 0.1) is 18.8 Å². The summed E-state index contributed by atoms with van der Waals surface area (Å²) in [5.41, 5.74) is 1.31. The van der Waals surface area contributed by atoms with Gasteiger partial charge in [0.25, 0.3) is 0 Å². The van der Waals surface area contributed by atoms with Crippen molar-refractivity contribution in [3.8, 4) is 0 Å². The van der Waals surface area contributed by atoms with Crippen molar-refractivity contribution in [1.29, 1.82) is 0 Å². The van der Waals surface area contributed by atoms with Crippen molar-refractivity contribution in [2.24, 2.45) is 0 Å². The Kier molecular flexibility index (Phi) is 5.05. The summed E-state index contributed by atoms with van der Waals surface area (Å²) in [6.45, 7) is 6.96. The van der Waals surface area contributed by atoms with Crippen LogP contribution in [-0.4, -0.2) is 45.7 Å². The van der Waals surface area contributed by atoms with Crippen LogP contribution in [0.15, 0.2) is 12.4 Å². The zero-order chi connectivity index (χ0) is 13.8. The molecule has 1 aromatic heterocycles. The minimum absolute atomic E-state index is 0.264. The first-order chi connectivity index (χ1) is 9.10. The van der Waals surface area contributed by atoms with Crippen molar-refractivity contribution in [2.75, 3.05) is 25.9 Å². The van der Waals surface area contributed by atoms with E-state index in [1.165, 1.54) is 17.3 Å². The Morgan fingerprint density at radius 3 is 2.68 bits per heavy atom. The molecule has 2 heterocycles. The topological polar surface area (TPSA) is 38.1 Å². The van der Waals surface area contributed by atoms with Gasteiger partial charge >= 0.3 is 0 Å². The minimum atomic E-state index is 0.264. The zero-order valence-corrected chi connectivity index (χ0v) is 12.8. The van der Waals surface area contributed by atoms with Gasteiger partial charge in [-0.1, -0.05) is 25.6 Å². The third-order valence-corrected chi connectivity index (χ3v) is 4.38. The van der Waals surface area contributed by atoms with Crippen molar-refractivity contribution in [2.45, 2.75) is 38.6 Å². The summed E-state index contributed by atoms with van der Waals surface area (Å²) in [5, 5.41) is 4.75. The van der Waals surface area contributed by atoms with E-state index in [0.29, 0.717) is 18.5 Å². The molecule has 0 N–H and O–H groups in total. The van der Waals surface area contributed by atoms with Gasteiger partial charge < -0.3 is 0 Å². The van der Waals surface area contributed by atoms with E-state index in [1.807, 2.05) is 12.5 Å². The molecule has 4 nitrogen and oxygen atoms in total. The zero-order valence-electron chi connectivity index (χ0n) is 12.0. The van der Waals surface area contributed by atoms with E-state index in [9.17, 15) is 4.79 Å². The summed E-state index contributed by atoms with van der Waals surface area (Å²) < 4.78 is 2.11. The van der Waals surface area contributed by atoms with Crippen LogP contribution in [0.4, 0.5) is 0 Å². The van der Waals surface area contributed by atoms with Gasteiger partial charge in [0, 0.05) is 19.3 Å². The average molecular weight is 281 g/mol. The Morgan fingerprint density at radius 2 is 2.16 bits per heavy atom. The number of likely N-dealkylation sites (tertiary alicyclic amines) is 1. The van der Waals surface area contributed by atoms with Crippen molar-refractivity contribution >= 4 is 16.9 Å². The summed E-state index contributed by atoms with van der Waals surface area (Å²) in [5.74, 6) is 0.535. The number of nitrogens with zero attached hydrogens (tertiary/aromatic N) is 3. The van der Waals surface area contributed by atoms with Crippen LogP contribution in [0.2, 0.25) is 0 Å². The van der Waals surface area contributed by atoms with Gasteiger partial charge in [0.2, 0.25) is 5.12 Å². The van der Waals surface area contributed by atoms with Crippen LogP contribution in [0, 0.1) is 0 Å². The number of carbonyl (C=O) groups excluding carboxylic acids is 1. The highest BCUT2D eigenvalue weighted by atomic mass is 32.2. The molecule has 1 aliphatic rings. The van der Waals surface area contributed by atoms with Gasteiger partial charge in [-0.25, -0.2) is 0 Å². The molecule has 0 atom stereocenters. The fraction of sp³-hybridized carbons (Fsp3) is 0.714. The van der Waals surface area contributed by atoms with E-state index in [1.54, 1.807) is 0 Å². The van der Waals surface area contributed by atoms with Crippen molar-refractivity contribution in [3.05, 3.63) is 18.0 Å². The number of aromatic nitrogens is 2. The number of carbonyl (C=O) groups is 1. The van der Waals surface area contributed by atoms with Crippen molar-refractivity contribution < 1.29 is 4.79 Å². The smallest absolute Gasteiger partial charge is 0.202 e. The van der Waals surface area contributed by atoms with E-state index in [-0.39, 0.29) is 5.12 Å². The largest absolute Gasteiger partial charge is 0.295 e. The number of rotatable bonds is 4. The summed E-state index contributed by atoms with van der Waals surface area (Å²) >= 11 is 1.32. The maximum atomic E-state index is 11.4. The molecular weight excluding hydrogens is 258 g/mol. The Hall–Kier alpha value is -0.810. The molecule has 0 saturated carbocycles. The van der Waals surface area contributed by atoms with E-state index >= 15 is 0 Å². The summed E-state index contributed by atoms with van der Waals surface area (Å²) in [6, 6.07) is 0.494. The Bertz CT molecular complexity index is 422. The number of hydrogen-bond donors (Lipinski definition) is 0. The molecule has 0 aliphatic carbocycles. The highest BCUT2D eigenvalue weighted by Gasteiger charge is 2.22. The van der Waals surface area contributed by atoms with Crippen LogP contribution in [0.1, 0.15) is 44.2 Å². The maximum Gasteiger partial charge on any atom is 0.202 e. The summed E-state index contributed by atoms with van der Waals surface area (Å²) in [7, 11) is 0. The molecule has 1 fully saturated rings. The van der Waals surface area contributed by atoms with Gasteiger partial charge in [-0.3, -0.25) is 14.4 Å². The lowest BCUT2D eigenvalue weighted by Crippen LogP contribution is -2.37. The van der Waals surface area contributed by atoms with Crippen LogP contribution in [0.5, 0.6) is 0 Å². The molecular formula is C14H23N3OS. The fourth-order valence-electron chi connectivity index (χ4n) is 2.44. The lowest BCUT2D eigenvalue weighted by molar-refractivity contribution is -0.112. The molecule has 0 bridgehead atoms. The lowest BCUT2D eigenvalue weighted by Gasteiger charge is -2.31. The van der Waals surface area contributed by atoms with E-state index in [2.05, 4.69) is 34.7 Å². The standard InChI is InChI=1S/C14H23N3OS/c1-11(2)12-8-15-17(9-12)13-4-6-16(7-5-13)10-14(18)19-3/h8-9,11,13H,4-7,10H2,1-3H3. The molecule has 1 saturated heterocycles. The molecule has 0 aromatic carbocycles. The second-order valence-electron chi connectivity index (χ2n) is 5.49. The molecule has 0 spiro atoms. The second-order valence-corrected chi connectivity index (χ2v) is 6.36. The predicted octanol–water partition coefficient (Wildman–Crippen LogP) is 2.53. The molecule has 1 aliphatic heterocycles. The first kappa shape index (κ1) is 14.6. The molecule has 0 unspecified atom stereocenters. The van der Waals surface area contributed by atoms with Gasteiger partial charge in [0.1, 0.15) is 0 Å². The predicted molar refractivity (Wildman–Crippen MR) is 79.5 cm³/mol. The van der Waals surface area contributed by atoms with Crippen LogP contribution >= 0.6 is 11.8 Å². The molecule has 0 radical (unpaired) electrons. The SMILES string of the molecule is CSC(=O)CN1CCC(n2cc(C(C)C)cn2)CC1. The summed E-state index contributed by atoms with van der Waals surface area (Å²) in [6.07, 6.45) is 8.18. The van der Waals surface area contributed by atoms with Crippen molar-refractivity contribution in [1.82, 2.24) is 14.7 Å². The lowest BCUT2D eigenvalue weighted by atomic mass is 10.0. The Morgan fingerprint density at radius 1 is 1.47 bits per heavy atom. The van der Waals surface area contributed by atoms with Crippen LogP contribution in [0.3, 0.4) is 0 Å². The third-order valence-electron chi connectivity index (χ3n) is 3.80. The van der Waals surface area contributed by atoms with Gasteiger partial charge in [-0.2, -0.15) is 5.10 Å². The minimum Gasteiger partial charge on any atom is -0.295 e. The highest BCUT2D eigenvalue weighted by Crippen LogP contribution is 2.24. The van der Waals surface area contributed by atoms with E-state index < -0.39 is 0 Å². The number of thioether (sulfide) groups is 1. The summed E-state index contributed by atoms with van der Waals surface area (Å²) in [4.78, 5) is 13.7. The van der Waals surface area contributed by atoms with E-state index in [4.69, 9.17) is 0 Å². The van der Waals surface area contributed by atoms with Crippen molar-refractivity contribution in [3.63, 3.8) is 0 Å². The van der Waals surface area contributed by atoms with E-state index in [0.717, 1.165) is 25.9 Å².